The Morgan fingerprint density at radius 2 is 0.744 bits per heavy atom. The molecule has 0 radical (unpaired) electrons. The lowest BCUT2D eigenvalue weighted by molar-refractivity contribution is 0.407. The molecular weight excluding hydrogens is 472 g/mol. The smallest absolute Gasteiger partial charge is 0.0712 e. The summed E-state index contributed by atoms with van der Waals surface area (Å²) in [6.45, 7) is 4.63. The summed E-state index contributed by atoms with van der Waals surface area (Å²) in [5, 5.41) is 5.15. The normalized spacial score (nSPS) is 12.2. The van der Waals surface area contributed by atoms with Crippen LogP contribution in [0.15, 0.2) is 97.1 Å². The molecule has 0 aliphatic rings. The molecule has 6 aromatic rings. The average Bonchev–Trinajstić information content (AvgIpc) is 2.98. The van der Waals surface area contributed by atoms with Crippen molar-refractivity contribution in [3.63, 3.8) is 0 Å². The molecule has 2 heteroatoms. The van der Waals surface area contributed by atoms with Gasteiger partial charge in [0.15, 0.2) is 0 Å². The standard InChI is InChI=1S/C37H38N2/c1-3-5-15-25-37(26-16-6-4-2,35-27-17-7-11-21-31(27)38-32-22-12-8-18-28(32)35)36-29-19-9-13-23-33(29)39-34-24-14-10-20-30(34)36/h7-14,17-24H,3-6,15-16,25-26H2,1-2H3. The Kier molecular flexibility index (Phi) is 7.28. The molecule has 196 valence electrons. The van der Waals surface area contributed by atoms with Crippen molar-refractivity contribution in [1.82, 2.24) is 9.97 Å². The molecule has 6 rings (SSSR count). The second-order valence-corrected chi connectivity index (χ2v) is 11.0. The molecule has 0 fully saturated rings. The summed E-state index contributed by atoms with van der Waals surface area (Å²) in [5.74, 6) is 0. The highest BCUT2D eigenvalue weighted by atomic mass is 14.7. The molecule has 0 saturated heterocycles. The van der Waals surface area contributed by atoms with E-state index < -0.39 is 0 Å². The van der Waals surface area contributed by atoms with Gasteiger partial charge in [-0.3, -0.25) is 0 Å². The molecule has 0 aliphatic carbocycles. The van der Waals surface area contributed by atoms with Crippen molar-refractivity contribution in [3.8, 4) is 0 Å². The minimum absolute atomic E-state index is 0.172. The number of benzene rings is 4. The van der Waals surface area contributed by atoms with Gasteiger partial charge < -0.3 is 0 Å². The van der Waals surface area contributed by atoms with Crippen molar-refractivity contribution >= 4 is 43.6 Å². The molecule has 0 aliphatic heterocycles. The average molecular weight is 511 g/mol. The first kappa shape index (κ1) is 25.5. The maximum absolute atomic E-state index is 5.15. The zero-order valence-corrected chi connectivity index (χ0v) is 23.3. The van der Waals surface area contributed by atoms with E-state index in [2.05, 4.69) is 111 Å². The van der Waals surface area contributed by atoms with Gasteiger partial charge in [-0.05, 0) is 48.2 Å². The first-order chi connectivity index (χ1) is 19.3. The number of para-hydroxylation sites is 4. The third kappa shape index (κ3) is 4.56. The number of hydrogen-bond acceptors (Lipinski definition) is 2. The van der Waals surface area contributed by atoms with Crippen LogP contribution in [0.4, 0.5) is 0 Å². The number of aromatic nitrogens is 2. The molecule has 39 heavy (non-hydrogen) atoms. The number of hydrogen-bond donors (Lipinski definition) is 0. The predicted octanol–water partition coefficient (Wildman–Crippen LogP) is 10.5. The maximum atomic E-state index is 5.15. The van der Waals surface area contributed by atoms with Gasteiger partial charge in [0.25, 0.3) is 0 Å². The van der Waals surface area contributed by atoms with Crippen molar-refractivity contribution in [2.75, 3.05) is 0 Å². The first-order valence-electron chi connectivity index (χ1n) is 14.8. The molecule has 0 atom stereocenters. The van der Waals surface area contributed by atoms with Crippen LogP contribution in [0.5, 0.6) is 0 Å². The lowest BCUT2D eigenvalue weighted by atomic mass is 9.64. The van der Waals surface area contributed by atoms with Crippen LogP contribution in [0.1, 0.15) is 76.3 Å². The molecule has 0 bridgehead atoms. The Balaban J connectivity index is 1.82. The summed E-state index contributed by atoms with van der Waals surface area (Å²) in [7, 11) is 0. The lowest BCUT2D eigenvalue weighted by Gasteiger charge is -2.39. The number of pyridine rings is 2. The highest BCUT2D eigenvalue weighted by Gasteiger charge is 2.39. The van der Waals surface area contributed by atoms with E-state index in [1.54, 1.807) is 0 Å². The topological polar surface area (TPSA) is 25.8 Å². The lowest BCUT2D eigenvalue weighted by Crippen LogP contribution is -2.30. The largest absolute Gasteiger partial charge is 0.248 e. The van der Waals surface area contributed by atoms with Gasteiger partial charge >= 0.3 is 0 Å². The summed E-state index contributed by atoms with van der Waals surface area (Å²) in [6, 6.07) is 35.3. The van der Waals surface area contributed by atoms with Gasteiger partial charge in [-0.1, -0.05) is 125 Å². The van der Waals surface area contributed by atoms with Gasteiger partial charge in [-0.25, -0.2) is 9.97 Å². The molecule has 0 spiro atoms. The fourth-order valence-corrected chi connectivity index (χ4v) is 6.81. The van der Waals surface area contributed by atoms with Crippen molar-refractivity contribution < 1.29 is 0 Å². The SMILES string of the molecule is CCCCCC(CCCCC)(c1c2ccccc2nc2ccccc12)c1c2ccccc2nc2ccccc12. The predicted molar refractivity (Wildman–Crippen MR) is 168 cm³/mol. The van der Waals surface area contributed by atoms with Crippen molar-refractivity contribution in [2.45, 2.75) is 70.6 Å². The van der Waals surface area contributed by atoms with Crippen LogP contribution in [-0.2, 0) is 5.41 Å². The fourth-order valence-electron chi connectivity index (χ4n) is 6.81. The van der Waals surface area contributed by atoms with Crippen molar-refractivity contribution in [3.05, 3.63) is 108 Å². The summed E-state index contributed by atoms with van der Waals surface area (Å²) in [6.07, 6.45) is 9.49. The molecule has 0 N–H and O–H groups in total. The second kappa shape index (κ2) is 11.1. The van der Waals surface area contributed by atoms with Gasteiger partial charge in [0.1, 0.15) is 0 Å². The van der Waals surface area contributed by atoms with Gasteiger partial charge in [-0.2, -0.15) is 0 Å². The zero-order chi connectivity index (χ0) is 26.7. The Labute approximate surface area is 232 Å². The molecule has 2 nitrogen and oxygen atoms in total. The molecule has 2 aromatic heterocycles. The minimum Gasteiger partial charge on any atom is -0.248 e. The fraction of sp³-hybridized carbons (Fsp3) is 0.297. The Hall–Kier alpha value is -3.78. The summed E-state index contributed by atoms with van der Waals surface area (Å²) in [4.78, 5) is 10.3. The van der Waals surface area contributed by atoms with E-state index in [0.717, 1.165) is 34.9 Å². The van der Waals surface area contributed by atoms with E-state index in [0.29, 0.717) is 0 Å². The summed E-state index contributed by atoms with van der Waals surface area (Å²) >= 11 is 0. The molecule has 0 amide bonds. The third-order valence-electron chi connectivity index (χ3n) is 8.55. The van der Waals surface area contributed by atoms with Gasteiger partial charge in [0, 0.05) is 27.0 Å². The van der Waals surface area contributed by atoms with E-state index in [1.807, 2.05) is 0 Å². The number of unbranched alkanes of at least 4 members (excludes halogenated alkanes) is 4. The van der Waals surface area contributed by atoms with Crippen LogP contribution >= 0.6 is 0 Å². The quantitative estimate of drug-likeness (QED) is 0.135. The Morgan fingerprint density at radius 3 is 1.05 bits per heavy atom. The van der Waals surface area contributed by atoms with Crippen LogP contribution < -0.4 is 0 Å². The highest BCUT2D eigenvalue weighted by Crippen LogP contribution is 2.51. The monoisotopic (exact) mass is 510 g/mol. The van der Waals surface area contributed by atoms with Crippen LogP contribution in [-0.4, -0.2) is 9.97 Å². The molecule has 4 aromatic carbocycles. The van der Waals surface area contributed by atoms with E-state index >= 15 is 0 Å². The Morgan fingerprint density at radius 1 is 0.436 bits per heavy atom. The maximum Gasteiger partial charge on any atom is 0.0712 e. The summed E-state index contributed by atoms with van der Waals surface area (Å²) < 4.78 is 0. The van der Waals surface area contributed by atoms with Crippen LogP contribution in [0.2, 0.25) is 0 Å². The van der Waals surface area contributed by atoms with E-state index in [1.165, 1.54) is 71.2 Å². The number of rotatable bonds is 10. The molecular formula is C37H38N2. The number of nitrogens with zero attached hydrogens (tertiary/aromatic N) is 2. The van der Waals surface area contributed by atoms with Crippen LogP contribution in [0.3, 0.4) is 0 Å². The van der Waals surface area contributed by atoms with Crippen LogP contribution in [0, 0.1) is 0 Å². The summed E-state index contributed by atoms with van der Waals surface area (Å²) in [5.41, 5.74) is 7.09. The second-order valence-electron chi connectivity index (χ2n) is 11.0. The molecule has 0 saturated carbocycles. The zero-order valence-electron chi connectivity index (χ0n) is 23.3. The van der Waals surface area contributed by atoms with Gasteiger partial charge in [0.05, 0.1) is 22.1 Å². The first-order valence-corrected chi connectivity index (χ1v) is 14.8. The van der Waals surface area contributed by atoms with E-state index in [-0.39, 0.29) is 5.41 Å². The molecule has 2 heterocycles. The van der Waals surface area contributed by atoms with Crippen LogP contribution in [0.25, 0.3) is 43.6 Å². The highest BCUT2D eigenvalue weighted by molar-refractivity contribution is 6.04. The van der Waals surface area contributed by atoms with Crippen molar-refractivity contribution in [1.29, 1.82) is 0 Å². The van der Waals surface area contributed by atoms with Gasteiger partial charge in [-0.15, -0.1) is 0 Å². The van der Waals surface area contributed by atoms with Crippen molar-refractivity contribution in [2.24, 2.45) is 0 Å². The number of fused-ring (bicyclic) bond motifs is 4. The van der Waals surface area contributed by atoms with Gasteiger partial charge in [0.2, 0.25) is 0 Å². The van der Waals surface area contributed by atoms with E-state index in [9.17, 15) is 0 Å². The third-order valence-corrected chi connectivity index (χ3v) is 8.55. The molecule has 0 unspecified atom stereocenters. The van der Waals surface area contributed by atoms with E-state index in [4.69, 9.17) is 9.97 Å². The minimum atomic E-state index is -0.172. The Bertz CT molecular complexity index is 1510.